The largest absolute Gasteiger partial charge is 0.464 e. The summed E-state index contributed by atoms with van der Waals surface area (Å²) >= 11 is 0. The molecule has 0 radical (unpaired) electrons. The summed E-state index contributed by atoms with van der Waals surface area (Å²) in [5, 5.41) is 10.4. The Labute approximate surface area is 109 Å². The van der Waals surface area contributed by atoms with Gasteiger partial charge in [-0.2, -0.15) is 0 Å². The van der Waals surface area contributed by atoms with Crippen molar-refractivity contribution in [2.45, 2.75) is 0 Å². The van der Waals surface area contributed by atoms with Crippen molar-refractivity contribution in [1.82, 2.24) is 4.98 Å². The van der Waals surface area contributed by atoms with Gasteiger partial charge in [0.2, 0.25) is 0 Å². The van der Waals surface area contributed by atoms with E-state index in [1.54, 1.807) is 18.2 Å². The van der Waals surface area contributed by atoms with Gasteiger partial charge in [-0.1, -0.05) is 18.2 Å². The highest BCUT2D eigenvalue weighted by atomic mass is 16.4. The molecule has 2 aromatic carbocycles. The molecule has 0 saturated heterocycles. The minimum absolute atomic E-state index is 0.630. The third kappa shape index (κ3) is 2.04. The summed E-state index contributed by atoms with van der Waals surface area (Å²) in [6.45, 7) is 0. The average molecular weight is 252 g/mol. The summed E-state index contributed by atoms with van der Waals surface area (Å²) in [6, 6.07) is 16.5. The van der Waals surface area contributed by atoms with Gasteiger partial charge in [0.05, 0.1) is 11.4 Å². The van der Waals surface area contributed by atoms with E-state index >= 15 is 0 Å². The quantitative estimate of drug-likeness (QED) is 0.724. The fraction of sp³-hybridized carbons (Fsp3) is 0. The molecule has 0 aliphatic heterocycles. The molecule has 0 bridgehead atoms. The second-order valence-corrected chi connectivity index (χ2v) is 4.20. The number of para-hydroxylation sites is 1. The number of aromatic amines is 1. The van der Waals surface area contributed by atoms with Gasteiger partial charge in [0.25, 0.3) is 0 Å². The Hall–Kier alpha value is -2.75. The first-order chi connectivity index (χ1) is 9.25. The zero-order valence-corrected chi connectivity index (χ0v) is 10.1. The van der Waals surface area contributed by atoms with Crippen LogP contribution in [-0.4, -0.2) is 16.2 Å². The van der Waals surface area contributed by atoms with Gasteiger partial charge in [-0.25, -0.2) is 9.69 Å². The van der Waals surface area contributed by atoms with Crippen LogP contribution in [-0.2, 0) is 0 Å². The van der Waals surface area contributed by atoms with Gasteiger partial charge in [0.15, 0.2) is 0 Å². The number of anilines is 2. The number of hydrogen-bond donors (Lipinski definition) is 2. The number of aromatic nitrogens is 1. The fourth-order valence-electron chi connectivity index (χ4n) is 2.13. The molecular formula is C15H12N2O2. The second-order valence-electron chi connectivity index (χ2n) is 4.20. The highest BCUT2D eigenvalue weighted by molar-refractivity contribution is 5.97. The van der Waals surface area contributed by atoms with E-state index in [-0.39, 0.29) is 0 Å². The molecule has 3 aromatic rings. The van der Waals surface area contributed by atoms with Gasteiger partial charge in [0.1, 0.15) is 0 Å². The molecule has 94 valence electrons. The van der Waals surface area contributed by atoms with E-state index in [1.165, 1.54) is 4.90 Å². The van der Waals surface area contributed by atoms with Crippen molar-refractivity contribution in [3.05, 3.63) is 60.8 Å². The number of nitrogens with zero attached hydrogens (tertiary/aromatic N) is 1. The van der Waals surface area contributed by atoms with E-state index in [4.69, 9.17) is 0 Å². The Morgan fingerprint density at radius 3 is 2.53 bits per heavy atom. The molecule has 1 heterocycles. The van der Waals surface area contributed by atoms with Crippen molar-refractivity contribution in [3.63, 3.8) is 0 Å². The Kier molecular flexibility index (Phi) is 2.68. The topological polar surface area (TPSA) is 56.3 Å². The zero-order valence-electron chi connectivity index (χ0n) is 10.1. The van der Waals surface area contributed by atoms with Gasteiger partial charge in [-0.05, 0) is 36.4 Å². The van der Waals surface area contributed by atoms with Crippen molar-refractivity contribution < 1.29 is 9.90 Å². The first-order valence-corrected chi connectivity index (χ1v) is 5.91. The second kappa shape index (κ2) is 4.49. The summed E-state index contributed by atoms with van der Waals surface area (Å²) in [7, 11) is 0. The molecule has 0 spiro atoms. The summed E-state index contributed by atoms with van der Waals surface area (Å²) in [6.07, 6.45) is 0.836. The Balaban J connectivity index is 2.12. The number of carbonyl (C=O) groups is 1. The molecule has 1 amide bonds. The molecule has 1 aromatic heterocycles. The normalized spacial score (nSPS) is 10.5. The van der Waals surface area contributed by atoms with Crippen LogP contribution in [0.3, 0.4) is 0 Å². The van der Waals surface area contributed by atoms with Crippen LogP contribution in [0.15, 0.2) is 60.8 Å². The van der Waals surface area contributed by atoms with E-state index in [1.807, 2.05) is 42.6 Å². The number of carboxylic acid groups (broad SMARTS) is 1. The van der Waals surface area contributed by atoms with Crippen LogP contribution in [0.4, 0.5) is 16.2 Å². The molecular weight excluding hydrogens is 240 g/mol. The predicted octanol–water partition coefficient (Wildman–Crippen LogP) is 3.98. The van der Waals surface area contributed by atoms with E-state index in [0.717, 1.165) is 10.9 Å². The van der Waals surface area contributed by atoms with E-state index in [0.29, 0.717) is 11.4 Å². The van der Waals surface area contributed by atoms with Crippen molar-refractivity contribution in [3.8, 4) is 0 Å². The number of benzene rings is 2. The molecule has 0 aliphatic rings. The van der Waals surface area contributed by atoms with Crippen LogP contribution >= 0.6 is 0 Å². The molecule has 4 nitrogen and oxygen atoms in total. The number of nitrogens with one attached hydrogen (secondary N) is 1. The minimum Gasteiger partial charge on any atom is -0.464 e. The smallest absolute Gasteiger partial charge is 0.416 e. The summed E-state index contributed by atoms with van der Waals surface area (Å²) < 4.78 is 0. The molecule has 2 N–H and O–H groups in total. The fourth-order valence-corrected chi connectivity index (χ4v) is 2.13. The third-order valence-corrected chi connectivity index (χ3v) is 3.00. The average Bonchev–Trinajstić information content (AvgIpc) is 2.87. The Bertz CT molecular complexity index is 719. The van der Waals surface area contributed by atoms with Crippen LogP contribution in [0.5, 0.6) is 0 Å². The Morgan fingerprint density at radius 1 is 1.00 bits per heavy atom. The maximum absolute atomic E-state index is 11.5. The van der Waals surface area contributed by atoms with E-state index < -0.39 is 6.09 Å². The lowest BCUT2D eigenvalue weighted by Gasteiger charge is -2.19. The van der Waals surface area contributed by atoms with E-state index in [9.17, 15) is 9.90 Å². The molecule has 0 fully saturated rings. The van der Waals surface area contributed by atoms with E-state index in [2.05, 4.69) is 4.98 Å². The first-order valence-electron chi connectivity index (χ1n) is 5.91. The number of hydrogen-bond acceptors (Lipinski definition) is 1. The van der Waals surface area contributed by atoms with Crippen LogP contribution in [0.1, 0.15) is 0 Å². The lowest BCUT2D eigenvalue weighted by atomic mass is 10.2. The Morgan fingerprint density at radius 2 is 1.79 bits per heavy atom. The molecule has 3 rings (SSSR count). The number of rotatable bonds is 2. The first kappa shape index (κ1) is 11.3. The van der Waals surface area contributed by atoms with Crippen LogP contribution < -0.4 is 4.90 Å². The summed E-state index contributed by atoms with van der Waals surface area (Å²) in [5.41, 5.74) is 2.25. The predicted molar refractivity (Wildman–Crippen MR) is 74.9 cm³/mol. The van der Waals surface area contributed by atoms with Crippen molar-refractivity contribution in [2.75, 3.05) is 4.90 Å². The molecule has 0 aliphatic carbocycles. The summed E-state index contributed by atoms with van der Waals surface area (Å²) in [4.78, 5) is 15.9. The van der Waals surface area contributed by atoms with Crippen LogP contribution in [0.25, 0.3) is 10.9 Å². The lowest BCUT2D eigenvalue weighted by molar-refractivity contribution is 0.205. The van der Waals surface area contributed by atoms with Gasteiger partial charge < -0.3 is 10.1 Å². The number of fused-ring (bicyclic) bond motifs is 1. The van der Waals surface area contributed by atoms with Crippen LogP contribution in [0, 0.1) is 0 Å². The van der Waals surface area contributed by atoms with Crippen LogP contribution in [0.2, 0.25) is 0 Å². The number of H-pyrrole nitrogens is 1. The van der Waals surface area contributed by atoms with Gasteiger partial charge in [0, 0.05) is 17.1 Å². The zero-order chi connectivity index (χ0) is 13.2. The van der Waals surface area contributed by atoms with Crippen molar-refractivity contribution in [1.29, 1.82) is 0 Å². The van der Waals surface area contributed by atoms with Gasteiger partial charge in [-0.15, -0.1) is 0 Å². The third-order valence-electron chi connectivity index (χ3n) is 3.00. The molecule has 19 heavy (non-hydrogen) atoms. The number of amides is 1. The van der Waals surface area contributed by atoms with Gasteiger partial charge >= 0.3 is 6.09 Å². The molecule has 0 atom stereocenters. The highest BCUT2D eigenvalue weighted by Crippen LogP contribution is 2.28. The minimum atomic E-state index is -0.999. The SMILES string of the molecule is O=C(O)N(c1ccccc1)c1ccc2[nH]ccc2c1. The molecule has 0 unspecified atom stereocenters. The summed E-state index contributed by atoms with van der Waals surface area (Å²) in [5.74, 6) is 0. The molecule has 4 heteroatoms. The van der Waals surface area contributed by atoms with Gasteiger partial charge in [-0.3, -0.25) is 0 Å². The van der Waals surface area contributed by atoms with Crippen molar-refractivity contribution >= 4 is 28.4 Å². The monoisotopic (exact) mass is 252 g/mol. The molecule has 0 saturated carbocycles. The maximum Gasteiger partial charge on any atom is 0.416 e. The standard InChI is InChI=1S/C15H12N2O2/c18-15(19)17(12-4-2-1-3-5-12)13-6-7-14-11(10-13)8-9-16-14/h1-10,16H,(H,18,19). The lowest BCUT2D eigenvalue weighted by Crippen LogP contribution is -2.23. The maximum atomic E-state index is 11.5. The van der Waals surface area contributed by atoms with Crippen molar-refractivity contribution in [2.24, 2.45) is 0 Å². The highest BCUT2D eigenvalue weighted by Gasteiger charge is 2.16.